The first-order valence-electron chi connectivity index (χ1n) is 5.16. The molecule has 0 spiro atoms. The monoisotopic (exact) mass is 182 g/mol. The first kappa shape index (κ1) is 18.1. The van der Waals surface area contributed by atoms with Gasteiger partial charge in [0.05, 0.1) is 0 Å². The zero-order chi connectivity index (χ0) is 11.1. The molecular formula is C13H26. The van der Waals surface area contributed by atoms with E-state index in [4.69, 9.17) is 0 Å². The summed E-state index contributed by atoms with van der Waals surface area (Å²) in [5.74, 6) is 0. The van der Waals surface area contributed by atoms with Crippen molar-refractivity contribution in [2.45, 2.75) is 47.0 Å². The molecule has 0 aliphatic rings. The molecule has 0 rings (SSSR count). The summed E-state index contributed by atoms with van der Waals surface area (Å²) in [6.45, 7) is 18.1. The van der Waals surface area contributed by atoms with E-state index in [1.54, 1.807) is 0 Å². The van der Waals surface area contributed by atoms with Crippen LogP contribution in [0.1, 0.15) is 47.0 Å². The Morgan fingerprint density at radius 3 is 1.85 bits per heavy atom. The van der Waals surface area contributed by atoms with Crippen LogP contribution in [0.25, 0.3) is 0 Å². The third-order valence-corrected chi connectivity index (χ3v) is 1.27. The summed E-state index contributed by atoms with van der Waals surface area (Å²) in [4.78, 5) is 0. The fraction of sp³-hybridized carbons (Fsp3) is 0.538. The van der Waals surface area contributed by atoms with Crippen LogP contribution in [0.2, 0.25) is 0 Å². The maximum Gasteiger partial charge on any atom is -0.0285 e. The van der Waals surface area contributed by atoms with E-state index in [0.717, 1.165) is 6.42 Å². The van der Waals surface area contributed by atoms with Crippen molar-refractivity contribution in [3.8, 4) is 0 Å². The first-order chi connectivity index (χ1) is 6.35. The Morgan fingerprint density at radius 2 is 1.62 bits per heavy atom. The number of allylic oxidation sites excluding steroid dienone is 3. The lowest BCUT2D eigenvalue weighted by molar-refractivity contribution is 0.918. The predicted octanol–water partition coefficient (Wildman–Crippen LogP) is 5.14. The smallest absolute Gasteiger partial charge is 0.0285 e. The molecule has 0 radical (unpaired) electrons. The van der Waals surface area contributed by atoms with Gasteiger partial charge in [0.1, 0.15) is 0 Å². The van der Waals surface area contributed by atoms with Crippen LogP contribution in [0.15, 0.2) is 37.5 Å². The van der Waals surface area contributed by atoms with Crippen LogP contribution in [0.5, 0.6) is 0 Å². The van der Waals surface area contributed by atoms with Crippen molar-refractivity contribution in [3.63, 3.8) is 0 Å². The number of hydrogen-bond donors (Lipinski definition) is 0. The highest BCUT2D eigenvalue weighted by atomic mass is 13.9. The summed E-state index contributed by atoms with van der Waals surface area (Å²) in [7, 11) is 0. The fourth-order valence-corrected chi connectivity index (χ4v) is 0.838. The number of rotatable bonds is 4. The Kier molecular flexibility index (Phi) is 31.3. The van der Waals surface area contributed by atoms with Gasteiger partial charge in [0.2, 0.25) is 0 Å². The van der Waals surface area contributed by atoms with E-state index in [2.05, 4.69) is 39.7 Å². The van der Waals surface area contributed by atoms with Gasteiger partial charge >= 0.3 is 0 Å². The van der Waals surface area contributed by atoms with Crippen molar-refractivity contribution in [2.75, 3.05) is 0 Å². The zero-order valence-electron chi connectivity index (χ0n) is 9.90. The average molecular weight is 182 g/mol. The van der Waals surface area contributed by atoms with Crippen molar-refractivity contribution in [2.24, 2.45) is 0 Å². The fourth-order valence-electron chi connectivity index (χ4n) is 0.838. The molecule has 0 aromatic carbocycles. The molecule has 0 nitrogen and oxygen atoms in total. The van der Waals surface area contributed by atoms with Crippen LogP contribution in [-0.4, -0.2) is 0 Å². The van der Waals surface area contributed by atoms with E-state index in [9.17, 15) is 0 Å². The third kappa shape index (κ3) is 18.3. The Hall–Kier alpha value is -0.780. The Morgan fingerprint density at radius 1 is 1.15 bits per heavy atom. The summed E-state index contributed by atoms with van der Waals surface area (Å²) >= 11 is 0. The molecule has 0 amide bonds. The van der Waals surface area contributed by atoms with Gasteiger partial charge < -0.3 is 0 Å². The van der Waals surface area contributed by atoms with Gasteiger partial charge in [-0.05, 0) is 12.8 Å². The van der Waals surface area contributed by atoms with Gasteiger partial charge in [0.25, 0.3) is 0 Å². The lowest BCUT2D eigenvalue weighted by Crippen LogP contribution is -1.75. The van der Waals surface area contributed by atoms with Gasteiger partial charge in [-0.3, -0.25) is 0 Å². The molecule has 13 heavy (non-hydrogen) atoms. The van der Waals surface area contributed by atoms with E-state index >= 15 is 0 Å². The summed E-state index contributed by atoms with van der Waals surface area (Å²) in [6.07, 6.45) is 7.71. The lowest BCUT2D eigenvalue weighted by Gasteiger charge is -1.95. The minimum absolute atomic E-state index is 1.13. The highest BCUT2D eigenvalue weighted by molar-refractivity contribution is 5.15. The molecule has 0 unspecified atom stereocenters. The van der Waals surface area contributed by atoms with Gasteiger partial charge in [-0.15, -0.1) is 13.2 Å². The van der Waals surface area contributed by atoms with Crippen LogP contribution in [0.3, 0.4) is 0 Å². The van der Waals surface area contributed by atoms with Crippen molar-refractivity contribution >= 4 is 0 Å². The van der Waals surface area contributed by atoms with E-state index in [-0.39, 0.29) is 0 Å². The molecule has 78 valence electrons. The second-order valence-electron chi connectivity index (χ2n) is 2.14. The predicted molar refractivity (Wildman–Crippen MR) is 66.1 cm³/mol. The second kappa shape index (κ2) is 22.5. The molecule has 0 saturated heterocycles. The van der Waals surface area contributed by atoms with Gasteiger partial charge in [-0.2, -0.15) is 0 Å². The Bertz CT molecular complexity index is 109. The molecule has 0 bridgehead atoms. The quantitative estimate of drug-likeness (QED) is 0.417. The van der Waals surface area contributed by atoms with Gasteiger partial charge in [0.15, 0.2) is 0 Å². The van der Waals surface area contributed by atoms with Crippen LogP contribution < -0.4 is 0 Å². The minimum atomic E-state index is 1.13. The SMILES string of the molecule is C=C.C=C/C(=C\CC)CCC.CC. The maximum atomic E-state index is 3.73. The van der Waals surface area contributed by atoms with Crippen LogP contribution >= 0.6 is 0 Å². The van der Waals surface area contributed by atoms with E-state index in [0.29, 0.717) is 0 Å². The molecule has 0 fully saturated rings. The summed E-state index contributed by atoms with van der Waals surface area (Å²) in [5, 5.41) is 0. The summed E-state index contributed by atoms with van der Waals surface area (Å²) in [6, 6.07) is 0. The molecular weight excluding hydrogens is 156 g/mol. The largest absolute Gasteiger partial charge is 0.106 e. The van der Waals surface area contributed by atoms with E-state index in [1.165, 1.54) is 18.4 Å². The van der Waals surface area contributed by atoms with Crippen molar-refractivity contribution in [3.05, 3.63) is 37.5 Å². The first-order valence-corrected chi connectivity index (χ1v) is 5.16. The van der Waals surface area contributed by atoms with Crippen molar-refractivity contribution < 1.29 is 0 Å². The highest BCUT2D eigenvalue weighted by Crippen LogP contribution is 2.05. The van der Waals surface area contributed by atoms with Crippen LogP contribution in [0, 0.1) is 0 Å². The standard InChI is InChI=1S/C9H16.C2H6.C2H4/c1-4-7-9(6-3)8-5-2;2*1-2/h6-7H,3-5,8H2,1-2H3;1-2H3;1-2H2/b9-7+;;. The Labute approximate surface area is 85.1 Å². The third-order valence-electron chi connectivity index (χ3n) is 1.27. The second-order valence-corrected chi connectivity index (χ2v) is 2.14. The molecule has 0 saturated carbocycles. The summed E-state index contributed by atoms with van der Waals surface area (Å²) in [5.41, 5.74) is 1.39. The molecule has 0 heteroatoms. The van der Waals surface area contributed by atoms with Crippen molar-refractivity contribution in [1.29, 1.82) is 0 Å². The van der Waals surface area contributed by atoms with Gasteiger partial charge in [0, 0.05) is 0 Å². The minimum Gasteiger partial charge on any atom is -0.106 e. The highest BCUT2D eigenvalue weighted by Gasteiger charge is 1.85. The molecule has 0 aromatic rings. The molecule has 0 aliphatic carbocycles. The lowest BCUT2D eigenvalue weighted by atomic mass is 10.1. The molecule has 0 N–H and O–H groups in total. The molecule has 0 aromatic heterocycles. The van der Waals surface area contributed by atoms with Gasteiger partial charge in [-0.25, -0.2) is 0 Å². The average Bonchev–Trinajstić information content (AvgIpc) is 2.23. The van der Waals surface area contributed by atoms with E-state index in [1.807, 2.05) is 19.9 Å². The molecule has 0 heterocycles. The Balaban J connectivity index is -0.000000218. The normalized spacial score (nSPS) is 8.77. The van der Waals surface area contributed by atoms with Crippen molar-refractivity contribution in [1.82, 2.24) is 0 Å². The molecule has 0 atom stereocenters. The topological polar surface area (TPSA) is 0 Å². The van der Waals surface area contributed by atoms with Gasteiger partial charge in [-0.1, -0.05) is 58.4 Å². The zero-order valence-corrected chi connectivity index (χ0v) is 9.90. The van der Waals surface area contributed by atoms with Crippen LogP contribution in [-0.2, 0) is 0 Å². The maximum absolute atomic E-state index is 3.73. The van der Waals surface area contributed by atoms with E-state index < -0.39 is 0 Å². The summed E-state index contributed by atoms with van der Waals surface area (Å²) < 4.78 is 0. The molecule has 0 aliphatic heterocycles. The van der Waals surface area contributed by atoms with Crippen LogP contribution in [0.4, 0.5) is 0 Å². The number of hydrogen-bond acceptors (Lipinski definition) is 0.